The van der Waals surface area contributed by atoms with Crippen LogP contribution in [0.3, 0.4) is 0 Å². The summed E-state index contributed by atoms with van der Waals surface area (Å²) in [5, 5.41) is 4.53. The molecule has 8 nitrogen and oxygen atoms in total. The lowest BCUT2D eigenvalue weighted by molar-refractivity contribution is -0.137. The molecule has 1 aromatic heterocycles. The Bertz CT molecular complexity index is 834. The molecule has 0 radical (unpaired) electrons. The zero-order chi connectivity index (χ0) is 19.1. The summed E-state index contributed by atoms with van der Waals surface area (Å²) in [6, 6.07) is -0.132. The highest BCUT2D eigenvalue weighted by atomic mass is 32.2. The number of hydrogen-bond acceptors (Lipinski definition) is 6. The predicted molar refractivity (Wildman–Crippen MR) is 99.5 cm³/mol. The van der Waals surface area contributed by atoms with Crippen molar-refractivity contribution in [1.82, 2.24) is 19.6 Å². The zero-order valence-electron chi connectivity index (χ0n) is 15.3. The molecule has 2 aliphatic heterocycles. The van der Waals surface area contributed by atoms with Gasteiger partial charge >= 0.3 is 0 Å². The Balaban J connectivity index is 1.69. The van der Waals surface area contributed by atoms with E-state index < -0.39 is 9.84 Å². The van der Waals surface area contributed by atoms with Crippen LogP contribution in [0.25, 0.3) is 0 Å². The molecule has 0 aromatic carbocycles. The van der Waals surface area contributed by atoms with Crippen molar-refractivity contribution in [2.45, 2.75) is 32.9 Å². The molecule has 1 atom stereocenters. The van der Waals surface area contributed by atoms with E-state index in [-0.39, 0.29) is 35.9 Å². The molecule has 2 amide bonds. The number of nitrogens with zero attached hydrogens (tertiary/aromatic N) is 4. The predicted octanol–water partition coefficient (Wildman–Crippen LogP) is 0.351. The molecule has 26 heavy (non-hydrogen) atoms. The number of rotatable bonds is 5. The van der Waals surface area contributed by atoms with Gasteiger partial charge in [-0.05, 0) is 20.3 Å². The maximum Gasteiger partial charge on any atom is 0.242 e. The van der Waals surface area contributed by atoms with E-state index in [2.05, 4.69) is 5.10 Å². The summed E-state index contributed by atoms with van der Waals surface area (Å²) in [4.78, 5) is 27.3. The summed E-state index contributed by atoms with van der Waals surface area (Å²) < 4.78 is 25.3. The second-order valence-electron chi connectivity index (χ2n) is 6.97. The first-order valence-electron chi connectivity index (χ1n) is 8.52. The van der Waals surface area contributed by atoms with Crippen molar-refractivity contribution in [3.63, 3.8) is 0 Å². The molecular formula is C16H24N4O4S2. The van der Waals surface area contributed by atoms with E-state index in [1.165, 1.54) is 11.8 Å². The normalized spacial score (nSPS) is 22.2. The van der Waals surface area contributed by atoms with Crippen molar-refractivity contribution in [2.75, 3.05) is 36.7 Å². The average molecular weight is 401 g/mol. The SMILES string of the molecule is Cc1nn([C@@H]2CCS(=O)(=O)C2)c(C)c1CN(C)C(=O)CN1CSCC1=O. The van der Waals surface area contributed by atoms with Crippen molar-refractivity contribution in [3.05, 3.63) is 17.0 Å². The van der Waals surface area contributed by atoms with Crippen LogP contribution in [-0.2, 0) is 26.0 Å². The van der Waals surface area contributed by atoms with Crippen molar-refractivity contribution in [3.8, 4) is 0 Å². The molecule has 2 fully saturated rings. The highest BCUT2D eigenvalue weighted by Gasteiger charge is 2.32. The fraction of sp³-hybridized carbons (Fsp3) is 0.688. The fourth-order valence-electron chi connectivity index (χ4n) is 3.40. The first-order valence-corrected chi connectivity index (χ1v) is 11.5. The lowest BCUT2D eigenvalue weighted by atomic mass is 10.1. The van der Waals surface area contributed by atoms with Gasteiger partial charge in [0.1, 0.15) is 6.54 Å². The van der Waals surface area contributed by atoms with Gasteiger partial charge in [0.05, 0.1) is 34.9 Å². The highest BCUT2D eigenvalue weighted by Crippen LogP contribution is 2.27. The standard InChI is InChI=1S/C16H24N4O4S2/c1-11-14(6-18(3)15(21)7-19-10-25-8-16(19)22)12(2)20(17-11)13-4-5-26(23,24)9-13/h13H,4-10H2,1-3H3/t13-/m1/s1. The third kappa shape index (κ3) is 3.90. The number of hydrogen-bond donors (Lipinski definition) is 0. The van der Waals surface area contributed by atoms with Gasteiger partial charge in [0.15, 0.2) is 9.84 Å². The number of aryl methyl sites for hydroxylation is 1. The number of likely N-dealkylation sites (N-methyl/N-ethyl adjacent to an activating group) is 1. The largest absolute Gasteiger partial charge is 0.340 e. The first kappa shape index (κ1) is 19.2. The third-order valence-corrected chi connectivity index (χ3v) is 7.70. The lowest BCUT2D eigenvalue weighted by Gasteiger charge is -2.21. The summed E-state index contributed by atoms with van der Waals surface area (Å²) in [5.41, 5.74) is 2.64. The number of carbonyl (C=O) groups is 2. The Labute approximate surface area is 157 Å². The van der Waals surface area contributed by atoms with E-state index in [0.29, 0.717) is 24.6 Å². The quantitative estimate of drug-likeness (QED) is 0.708. The second kappa shape index (κ2) is 7.22. The number of sulfone groups is 1. The van der Waals surface area contributed by atoms with Gasteiger partial charge in [-0.2, -0.15) is 5.10 Å². The fourth-order valence-corrected chi connectivity index (χ4v) is 6.00. The van der Waals surface area contributed by atoms with Gasteiger partial charge < -0.3 is 9.80 Å². The molecule has 0 saturated carbocycles. The van der Waals surface area contributed by atoms with Crippen LogP contribution >= 0.6 is 11.8 Å². The smallest absolute Gasteiger partial charge is 0.242 e. The minimum Gasteiger partial charge on any atom is -0.340 e. The van der Waals surface area contributed by atoms with Crippen LogP contribution in [0.2, 0.25) is 0 Å². The van der Waals surface area contributed by atoms with Gasteiger partial charge in [-0.15, -0.1) is 11.8 Å². The number of aromatic nitrogens is 2. The molecule has 3 heterocycles. The van der Waals surface area contributed by atoms with E-state index in [4.69, 9.17) is 0 Å². The van der Waals surface area contributed by atoms with Crippen molar-refractivity contribution >= 4 is 33.4 Å². The summed E-state index contributed by atoms with van der Waals surface area (Å²) in [6.07, 6.45) is 0.577. The Morgan fingerprint density at radius 1 is 1.38 bits per heavy atom. The molecule has 10 heteroatoms. The average Bonchev–Trinajstić information content (AvgIpc) is 3.21. The molecule has 0 bridgehead atoms. The molecular weight excluding hydrogens is 376 g/mol. The van der Waals surface area contributed by atoms with Crippen LogP contribution in [0, 0.1) is 13.8 Å². The van der Waals surface area contributed by atoms with Crippen LogP contribution in [0.1, 0.15) is 29.4 Å². The van der Waals surface area contributed by atoms with Crippen molar-refractivity contribution < 1.29 is 18.0 Å². The van der Waals surface area contributed by atoms with Crippen LogP contribution in [0.4, 0.5) is 0 Å². The lowest BCUT2D eigenvalue weighted by Crippen LogP contribution is -2.39. The van der Waals surface area contributed by atoms with Gasteiger partial charge in [0.2, 0.25) is 11.8 Å². The summed E-state index contributed by atoms with van der Waals surface area (Å²) in [5.74, 6) is 1.20. The maximum atomic E-state index is 12.4. The van der Waals surface area contributed by atoms with E-state index in [9.17, 15) is 18.0 Å². The Morgan fingerprint density at radius 2 is 2.12 bits per heavy atom. The van der Waals surface area contributed by atoms with Crippen LogP contribution in [0.5, 0.6) is 0 Å². The Hall–Kier alpha value is -1.55. The molecule has 3 rings (SSSR count). The molecule has 0 N–H and O–H groups in total. The molecule has 0 aliphatic carbocycles. The van der Waals surface area contributed by atoms with Gasteiger partial charge in [-0.1, -0.05) is 0 Å². The highest BCUT2D eigenvalue weighted by molar-refractivity contribution is 8.00. The third-order valence-electron chi connectivity index (χ3n) is 5.00. The molecule has 144 valence electrons. The Kier molecular flexibility index (Phi) is 5.34. The summed E-state index contributed by atoms with van der Waals surface area (Å²) >= 11 is 1.51. The molecule has 2 saturated heterocycles. The van der Waals surface area contributed by atoms with E-state index in [1.807, 2.05) is 13.8 Å². The molecule has 1 aromatic rings. The molecule has 2 aliphatic rings. The first-order chi connectivity index (χ1) is 12.2. The summed E-state index contributed by atoms with van der Waals surface area (Å²) in [7, 11) is -1.27. The van der Waals surface area contributed by atoms with E-state index >= 15 is 0 Å². The monoisotopic (exact) mass is 400 g/mol. The molecule has 0 unspecified atom stereocenters. The maximum absolute atomic E-state index is 12.4. The number of thioether (sulfide) groups is 1. The minimum absolute atomic E-state index is 0.000580. The van der Waals surface area contributed by atoms with E-state index in [1.54, 1.807) is 21.5 Å². The topological polar surface area (TPSA) is 92.6 Å². The van der Waals surface area contributed by atoms with Crippen LogP contribution < -0.4 is 0 Å². The van der Waals surface area contributed by atoms with Gasteiger partial charge in [0.25, 0.3) is 0 Å². The van der Waals surface area contributed by atoms with Crippen LogP contribution in [-0.4, -0.2) is 76.5 Å². The second-order valence-corrected chi connectivity index (χ2v) is 10.2. The van der Waals surface area contributed by atoms with E-state index in [0.717, 1.165) is 17.0 Å². The van der Waals surface area contributed by atoms with Gasteiger partial charge in [0, 0.05) is 24.8 Å². The zero-order valence-corrected chi connectivity index (χ0v) is 16.9. The van der Waals surface area contributed by atoms with Gasteiger partial charge in [-0.25, -0.2) is 8.42 Å². The van der Waals surface area contributed by atoms with Crippen molar-refractivity contribution in [2.24, 2.45) is 0 Å². The minimum atomic E-state index is -2.98. The molecule has 0 spiro atoms. The summed E-state index contributed by atoms with van der Waals surface area (Å²) in [6.45, 7) is 4.28. The number of amides is 2. The Morgan fingerprint density at radius 3 is 2.69 bits per heavy atom. The van der Waals surface area contributed by atoms with Crippen LogP contribution in [0.15, 0.2) is 0 Å². The number of carbonyl (C=O) groups excluding carboxylic acids is 2. The van der Waals surface area contributed by atoms with Crippen molar-refractivity contribution in [1.29, 1.82) is 0 Å². The van der Waals surface area contributed by atoms with Gasteiger partial charge in [-0.3, -0.25) is 14.3 Å².